The number of aromatic amines is 4. The summed E-state index contributed by atoms with van der Waals surface area (Å²) in [6, 6.07) is 35.4. The lowest BCUT2D eigenvalue weighted by molar-refractivity contribution is -0.134. The number of carbonyl (C=O) groups excluding carboxylic acids is 1. The standard InChI is InChI=1S/C18H18ClN3.C16H20BrN3O.C15H20BrN3O2S.C14H16ClN3O2S/c19-14-12-17-16(6-7-20-17)18(13-14)22-10-8-21(9-11-22)15-4-2-1-3-5-15;1-11(21)20-7-6-19(10-16(20,2)3)15-9-12(17)8-14-13(15)4-5-18-14;1-15(2)10-18(6-7-19(15)22(3,20)21)14-9-11(16)8-13-12(14)4-5-17-13;15-10-7-13-12(1-3-16-13)14(8-10)17-4-5-18-11(9-17)2-6-21(18,19)20/h1-7,12-13,20H,8-11H2;4-5,8-9,18H,6-7,10H2,1-3H3;4-5,8-9,17H,6-7,10H2,1-3H3;1,3,7-8,11,16H,2,4-6,9H2. The molecule has 1 unspecified atom stereocenters. The van der Waals surface area contributed by atoms with Gasteiger partial charge in [0.2, 0.25) is 26.0 Å². The monoisotopic (exact) mass is 1370 g/mol. The second-order valence-corrected chi connectivity index (χ2v) is 30.7. The van der Waals surface area contributed by atoms with Crippen LogP contribution in [0.5, 0.6) is 0 Å². The van der Waals surface area contributed by atoms with Gasteiger partial charge in [0.05, 0.1) is 17.5 Å². The zero-order chi connectivity index (χ0) is 60.9. The number of halogens is 4. The van der Waals surface area contributed by atoms with E-state index in [1.54, 1.807) is 15.5 Å². The molecule has 5 fully saturated rings. The Kier molecular flexibility index (Phi) is 17.9. The van der Waals surface area contributed by atoms with Crippen LogP contribution in [0.3, 0.4) is 0 Å². The predicted octanol–water partition coefficient (Wildman–Crippen LogP) is 12.4. The van der Waals surface area contributed by atoms with Gasteiger partial charge in [0.1, 0.15) is 0 Å². The van der Waals surface area contributed by atoms with Crippen LogP contribution >= 0.6 is 55.1 Å². The van der Waals surface area contributed by atoms with E-state index in [1.807, 2.05) is 67.8 Å². The minimum Gasteiger partial charge on any atom is -0.368 e. The number of nitrogens with zero attached hydrogens (tertiary/aromatic N) is 8. The average molecular weight is 1370 g/mol. The van der Waals surface area contributed by atoms with E-state index in [1.165, 1.54) is 34.1 Å². The molecule has 0 radical (unpaired) electrons. The van der Waals surface area contributed by atoms with Gasteiger partial charge >= 0.3 is 0 Å². The molecule has 9 heterocycles. The van der Waals surface area contributed by atoms with Crippen molar-refractivity contribution < 1.29 is 21.6 Å². The third kappa shape index (κ3) is 13.3. The van der Waals surface area contributed by atoms with Gasteiger partial charge in [-0.2, -0.15) is 8.61 Å². The van der Waals surface area contributed by atoms with Crippen LogP contribution in [0.2, 0.25) is 10.0 Å². The molecule has 0 spiro atoms. The molecule has 0 aliphatic carbocycles. The number of anilines is 5. The first-order chi connectivity index (χ1) is 40.9. The number of hydrogen-bond acceptors (Lipinski definition) is 10. The molecule has 9 aromatic rings. The number of sulfonamides is 2. The second-order valence-electron chi connectivity index (χ2n) is 24.1. The summed E-state index contributed by atoms with van der Waals surface area (Å²) in [6.07, 6.45) is 9.78. The van der Waals surface area contributed by atoms with E-state index < -0.39 is 25.6 Å². The molecule has 4 aromatic heterocycles. The number of amides is 1. The van der Waals surface area contributed by atoms with Crippen molar-refractivity contribution in [3.05, 3.63) is 147 Å². The Morgan fingerprint density at radius 2 is 0.977 bits per heavy atom. The zero-order valence-electron chi connectivity index (χ0n) is 49.3. The first-order valence-electron chi connectivity index (χ1n) is 29.0. The lowest BCUT2D eigenvalue weighted by Crippen LogP contribution is -2.60. The van der Waals surface area contributed by atoms with Gasteiger partial charge in [-0.25, -0.2) is 16.8 Å². The lowest BCUT2D eigenvalue weighted by atomic mass is 9.97. The highest BCUT2D eigenvalue weighted by molar-refractivity contribution is 9.10. The van der Waals surface area contributed by atoms with E-state index in [2.05, 4.69) is 169 Å². The number of fused-ring (bicyclic) bond motifs is 5. The van der Waals surface area contributed by atoms with Crippen LogP contribution in [0.4, 0.5) is 28.4 Å². The van der Waals surface area contributed by atoms with E-state index in [4.69, 9.17) is 23.2 Å². The smallest absolute Gasteiger partial charge is 0.220 e. The Hall–Kier alpha value is -5.91. The van der Waals surface area contributed by atoms with Crippen molar-refractivity contribution in [1.82, 2.24) is 33.4 Å². The molecule has 86 heavy (non-hydrogen) atoms. The fourth-order valence-electron chi connectivity index (χ4n) is 13.3. The minimum atomic E-state index is -3.19. The van der Waals surface area contributed by atoms with Crippen LogP contribution in [-0.4, -0.2) is 170 Å². The van der Waals surface area contributed by atoms with E-state index in [0.717, 1.165) is 117 Å². The van der Waals surface area contributed by atoms with Crippen molar-refractivity contribution in [3.63, 3.8) is 0 Å². The molecule has 5 saturated heterocycles. The minimum absolute atomic E-state index is 0.0942. The van der Waals surface area contributed by atoms with Crippen molar-refractivity contribution in [2.75, 3.05) is 122 Å². The summed E-state index contributed by atoms with van der Waals surface area (Å²) in [7, 11) is -6.21. The summed E-state index contributed by atoms with van der Waals surface area (Å²) in [6.45, 7) is 20.3. The molecule has 4 N–H and O–H groups in total. The first-order valence-corrected chi connectivity index (χ1v) is 34.8. The molecule has 0 bridgehead atoms. The van der Waals surface area contributed by atoms with Gasteiger partial charge in [0.25, 0.3) is 0 Å². The molecular formula is C63H74Br2Cl2N12O5S2. The number of piperazine rings is 4. The van der Waals surface area contributed by atoms with Gasteiger partial charge in [-0.05, 0) is 119 Å². The summed E-state index contributed by atoms with van der Waals surface area (Å²) >= 11 is 19.6. The van der Waals surface area contributed by atoms with E-state index in [0.29, 0.717) is 37.7 Å². The van der Waals surface area contributed by atoms with Crippen molar-refractivity contribution in [1.29, 1.82) is 0 Å². The Labute approximate surface area is 530 Å². The van der Waals surface area contributed by atoms with Gasteiger partial charge in [-0.1, -0.05) is 73.3 Å². The zero-order valence-corrected chi connectivity index (χ0v) is 55.6. The molecule has 1 amide bonds. The summed E-state index contributed by atoms with van der Waals surface area (Å²) < 4.78 is 53.2. The van der Waals surface area contributed by atoms with E-state index in [9.17, 15) is 21.6 Å². The first kappa shape index (κ1) is 61.7. The Morgan fingerprint density at radius 3 is 1.45 bits per heavy atom. The molecular weight excluding hydrogens is 1300 g/mol. The molecule has 17 nitrogen and oxygen atoms in total. The summed E-state index contributed by atoms with van der Waals surface area (Å²) in [5.74, 6) is 0.432. The molecule has 5 aromatic carbocycles. The molecule has 456 valence electrons. The van der Waals surface area contributed by atoms with Crippen LogP contribution < -0.4 is 24.5 Å². The second kappa shape index (κ2) is 24.9. The van der Waals surface area contributed by atoms with Gasteiger partial charge in [0.15, 0.2) is 0 Å². The third-order valence-electron chi connectivity index (χ3n) is 17.2. The maximum Gasteiger partial charge on any atom is 0.220 e. The topological polar surface area (TPSA) is 174 Å². The van der Waals surface area contributed by atoms with E-state index >= 15 is 0 Å². The molecule has 5 aliphatic heterocycles. The van der Waals surface area contributed by atoms with Gasteiger partial charge in [0, 0.05) is 219 Å². The molecule has 14 rings (SSSR count). The van der Waals surface area contributed by atoms with Crippen LogP contribution in [0.15, 0.2) is 137 Å². The van der Waals surface area contributed by atoms with Crippen LogP contribution in [-0.2, 0) is 24.8 Å². The number of hydrogen-bond donors (Lipinski definition) is 4. The Morgan fingerprint density at radius 1 is 0.547 bits per heavy atom. The quantitative estimate of drug-likeness (QED) is 0.125. The molecule has 0 saturated carbocycles. The van der Waals surface area contributed by atoms with Crippen LogP contribution in [0.1, 0.15) is 41.0 Å². The highest BCUT2D eigenvalue weighted by Gasteiger charge is 2.42. The van der Waals surface area contributed by atoms with Gasteiger partial charge in [-0.15, -0.1) is 0 Å². The lowest BCUT2D eigenvalue weighted by Gasteiger charge is -2.47. The summed E-state index contributed by atoms with van der Waals surface area (Å²) in [5.41, 5.74) is 9.71. The number of nitrogens with one attached hydrogen (secondary N) is 4. The number of H-pyrrole nitrogens is 4. The van der Waals surface area contributed by atoms with Gasteiger partial charge in [-0.3, -0.25) is 4.79 Å². The number of benzene rings is 5. The molecule has 23 heteroatoms. The number of para-hydroxylation sites is 1. The summed E-state index contributed by atoms with van der Waals surface area (Å²) in [5, 5.41) is 6.25. The maximum atomic E-state index is 12.0. The Balaban J connectivity index is 0.000000119. The number of aromatic nitrogens is 4. The van der Waals surface area contributed by atoms with E-state index in [-0.39, 0.29) is 23.2 Å². The Bertz CT molecular complexity index is 4150. The average Bonchev–Trinajstić information content (AvgIpc) is 1.52. The van der Waals surface area contributed by atoms with Crippen molar-refractivity contribution in [3.8, 4) is 0 Å². The normalized spacial score (nSPS) is 19.7. The highest BCUT2D eigenvalue weighted by atomic mass is 79.9. The maximum absolute atomic E-state index is 12.0. The molecule has 5 aliphatic rings. The van der Waals surface area contributed by atoms with Crippen molar-refractivity contribution >= 4 is 153 Å². The fraction of sp³-hybridized carbons (Fsp3) is 0.381. The fourth-order valence-corrected chi connectivity index (χ4v) is 17.8. The van der Waals surface area contributed by atoms with Crippen molar-refractivity contribution in [2.24, 2.45) is 0 Å². The van der Waals surface area contributed by atoms with Crippen molar-refractivity contribution in [2.45, 2.75) is 58.2 Å². The molecule has 1 atom stereocenters. The number of rotatable bonds is 6. The predicted molar refractivity (Wildman–Crippen MR) is 362 cm³/mol. The van der Waals surface area contributed by atoms with Crippen LogP contribution in [0.25, 0.3) is 43.6 Å². The largest absolute Gasteiger partial charge is 0.368 e. The highest BCUT2D eigenvalue weighted by Crippen LogP contribution is 2.38. The van der Waals surface area contributed by atoms with Crippen LogP contribution in [0, 0.1) is 0 Å². The number of carbonyl (C=O) groups is 1. The third-order valence-corrected chi connectivity index (χ3v) is 22.0. The SMILES string of the molecule is CC(=O)N1CCN(c2cc(Br)cc3[nH]ccc23)CC1(C)C.CC1(C)CN(c2cc(Br)cc3[nH]ccc23)CCN1S(C)(=O)=O.Clc1cc(N2CCN(c3ccccc3)CC2)c2cc[nH]c2c1.O=S1(=O)CCC2CN(c3cc(Cl)cc4[nH]ccc34)CCN21. The van der Waals surface area contributed by atoms with Gasteiger partial charge < -0.3 is 49.3 Å². The summed E-state index contributed by atoms with van der Waals surface area (Å²) in [4.78, 5) is 38.4.